The molecular formula is C8H15NO2. The van der Waals surface area contributed by atoms with Crippen LogP contribution in [0.1, 0.15) is 20.8 Å². The SMILES string of the molecule is CC1COC(=O)C(C)(C)N1C. The van der Waals surface area contributed by atoms with E-state index < -0.39 is 5.54 Å². The first-order chi connectivity index (χ1) is 4.96. The molecule has 0 aromatic carbocycles. The third kappa shape index (κ3) is 1.25. The topological polar surface area (TPSA) is 29.5 Å². The van der Waals surface area contributed by atoms with Crippen LogP contribution in [0.15, 0.2) is 0 Å². The van der Waals surface area contributed by atoms with Gasteiger partial charge < -0.3 is 4.74 Å². The largest absolute Gasteiger partial charge is 0.463 e. The van der Waals surface area contributed by atoms with Gasteiger partial charge in [0.2, 0.25) is 0 Å². The second-order valence-electron chi connectivity index (χ2n) is 3.62. The van der Waals surface area contributed by atoms with Gasteiger partial charge in [-0.05, 0) is 27.8 Å². The minimum Gasteiger partial charge on any atom is -0.463 e. The summed E-state index contributed by atoms with van der Waals surface area (Å²) in [5.41, 5.74) is -0.461. The molecule has 0 amide bonds. The van der Waals surface area contributed by atoms with Crippen LogP contribution in [0.4, 0.5) is 0 Å². The number of nitrogens with zero attached hydrogens (tertiary/aromatic N) is 1. The van der Waals surface area contributed by atoms with E-state index in [4.69, 9.17) is 4.74 Å². The molecule has 0 aromatic rings. The molecule has 3 nitrogen and oxygen atoms in total. The first-order valence-corrected chi connectivity index (χ1v) is 3.86. The first-order valence-electron chi connectivity index (χ1n) is 3.86. The average Bonchev–Trinajstić information content (AvgIpc) is 1.95. The Morgan fingerprint density at radius 2 is 2.18 bits per heavy atom. The molecule has 1 unspecified atom stereocenters. The smallest absolute Gasteiger partial charge is 0.326 e. The molecule has 3 heteroatoms. The van der Waals surface area contributed by atoms with E-state index in [2.05, 4.69) is 0 Å². The van der Waals surface area contributed by atoms with Crippen molar-refractivity contribution in [2.75, 3.05) is 13.7 Å². The summed E-state index contributed by atoms with van der Waals surface area (Å²) in [5, 5.41) is 0. The van der Waals surface area contributed by atoms with E-state index in [9.17, 15) is 4.79 Å². The molecule has 0 spiro atoms. The third-order valence-corrected chi connectivity index (χ3v) is 2.50. The van der Waals surface area contributed by atoms with Crippen LogP contribution < -0.4 is 0 Å². The van der Waals surface area contributed by atoms with Crippen molar-refractivity contribution in [3.8, 4) is 0 Å². The van der Waals surface area contributed by atoms with Gasteiger partial charge in [-0.1, -0.05) is 0 Å². The zero-order valence-electron chi connectivity index (χ0n) is 7.55. The maximum absolute atomic E-state index is 11.2. The number of cyclic esters (lactones) is 1. The number of hydrogen-bond donors (Lipinski definition) is 0. The van der Waals surface area contributed by atoms with Gasteiger partial charge >= 0.3 is 5.97 Å². The highest BCUT2D eigenvalue weighted by Crippen LogP contribution is 2.21. The Bertz CT molecular complexity index is 177. The van der Waals surface area contributed by atoms with E-state index in [1.807, 2.05) is 32.7 Å². The predicted octanol–water partition coefficient (Wildman–Crippen LogP) is 0.642. The Kier molecular flexibility index (Phi) is 1.92. The van der Waals surface area contributed by atoms with Gasteiger partial charge in [-0.2, -0.15) is 0 Å². The highest BCUT2D eigenvalue weighted by molar-refractivity contribution is 5.80. The lowest BCUT2D eigenvalue weighted by Crippen LogP contribution is -2.58. The molecule has 0 radical (unpaired) electrons. The van der Waals surface area contributed by atoms with Gasteiger partial charge in [0.05, 0.1) is 0 Å². The predicted molar refractivity (Wildman–Crippen MR) is 42.3 cm³/mol. The van der Waals surface area contributed by atoms with Crippen molar-refractivity contribution < 1.29 is 9.53 Å². The summed E-state index contributed by atoms with van der Waals surface area (Å²) in [7, 11) is 1.95. The number of rotatable bonds is 0. The van der Waals surface area contributed by atoms with Crippen LogP contribution in [0.5, 0.6) is 0 Å². The molecule has 1 aliphatic rings. The molecule has 0 aliphatic carbocycles. The molecule has 0 N–H and O–H groups in total. The quantitative estimate of drug-likeness (QED) is 0.483. The zero-order valence-corrected chi connectivity index (χ0v) is 7.55. The van der Waals surface area contributed by atoms with Crippen molar-refractivity contribution in [1.29, 1.82) is 0 Å². The number of hydrogen-bond acceptors (Lipinski definition) is 3. The Balaban J connectivity index is 2.80. The van der Waals surface area contributed by atoms with Crippen molar-refractivity contribution >= 4 is 5.97 Å². The van der Waals surface area contributed by atoms with E-state index in [1.165, 1.54) is 0 Å². The van der Waals surface area contributed by atoms with Gasteiger partial charge in [0.1, 0.15) is 12.1 Å². The minimum atomic E-state index is -0.461. The van der Waals surface area contributed by atoms with Gasteiger partial charge in [-0.3, -0.25) is 9.69 Å². The molecule has 1 aliphatic heterocycles. The van der Waals surface area contributed by atoms with Crippen LogP contribution in [-0.4, -0.2) is 36.1 Å². The highest BCUT2D eigenvalue weighted by Gasteiger charge is 2.40. The zero-order chi connectivity index (χ0) is 8.65. The number of morpholine rings is 1. The molecule has 1 rings (SSSR count). The van der Waals surface area contributed by atoms with Crippen LogP contribution in [0.2, 0.25) is 0 Å². The van der Waals surface area contributed by atoms with E-state index in [0.29, 0.717) is 12.6 Å². The lowest BCUT2D eigenvalue weighted by molar-refractivity contribution is -0.168. The molecule has 0 bridgehead atoms. The fraction of sp³-hybridized carbons (Fsp3) is 0.875. The molecule has 1 saturated heterocycles. The van der Waals surface area contributed by atoms with Gasteiger partial charge in [0, 0.05) is 6.04 Å². The van der Waals surface area contributed by atoms with Crippen molar-refractivity contribution in [1.82, 2.24) is 4.90 Å². The van der Waals surface area contributed by atoms with Crippen molar-refractivity contribution in [3.63, 3.8) is 0 Å². The Morgan fingerprint density at radius 3 is 2.64 bits per heavy atom. The second-order valence-corrected chi connectivity index (χ2v) is 3.62. The van der Waals surface area contributed by atoms with Gasteiger partial charge in [-0.15, -0.1) is 0 Å². The Hall–Kier alpha value is -0.570. The lowest BCUT2D eigenvalue weighted by Gasteiger charge is -2.41. The number of carbonyl (C=O) groups excluding carboxylic acids is 1. The van der Waals surface area contributed by atoms with Crippen LogP contribution >= 0.6 is 0 Å². The molecule has 64 valence electrons. The first kappa shape index (κ1) is 8.53. The molecule has 1 atom stereocenters. The number of ether oxygens (including phenoxy) is 1. The maximum atomic E-state index is 11.2. The molecular weight excluding hydrogens is 142 g/mol. The maximum Gasteiger partial charge on any atom is 0.326 e. The van der Waals surface area contributed by atoms with Crippen molar-refractivity contribution in [3.05, 3.63) is 0 Å². The fourth-order valence-corrected chi connectivity index (χ4v) is 1.18. The van der Waals surface area contributed by atoms with Gasteiger partial charge in [0.25, 0.3) is 0 Å². The van der Waals surface area contributed by atoms with Gasteiger partial charge in [0.15, 0.2) is 0 Å². The third-order valence-electron chi connectivity index (χ3n) is 2.50. The molecule has 11 heavy (non-hydrogen) atoms. The van der Waals surface area contributed by atoms with Crippen molar-refractivity contribution in [2.45, 2.75) is 32.4 Å². The summed E-state index contributed by atoms with van der Waals surface area (Å²) in [6.45, 7) is 6.32. The summed E-state index contributed by atoms with van der Waals surface area (Å²) >= 11 is 0. The molecule has 0 saturated carbocycles. The summed E-state index contributed by atoms with van der Waals surface area (Å²) in [6, 6.07) is 0.322. The molecule has 1 fully saturated rings. The van der Waals surface area contributed by atoms with E-state index in [1.54, 1.807) is 0 Å². The van der Waals surface area contributed by atoms with Crippen LogP contribution in [0, 0.1) is 0 Å². The summed E-state index contributed by atoms with van der Waals surface area (Å²) in [5.74, 6) is -0.127. The summed E-state index contributed by atoms with van der Waals surface area (Å²) in [6.07, 6.45) is 0. The van der Waals surface area contributed by atoms with Crippen LogP contribution in [-0.2, 0) is 9.53 Å². The van der Waals surface area contributed by atoms with Crippen LogP contribution in [0.25, 0.3) is 0 Å². The number of carbonyl (C=O) groups is 1. The highest BCUT2D eigenvalue weighted by atomic mass is 16.5. The minimum absolute atomic E-state index is 0.127. The normalized spacial score (nSPS) is 31.6. The standard InChI is InChI=1S/C8H15NO2/c1-6-5-11-7(10)8(2,3)9(6)4/h6H,5H2,1-4H3. The Morgan fingerprint density at radius 1 is 1.64 bits per heavy atom. The lowest BCUT2D eigenvalue weighted by atomic mass is 10.00. The van der Waals surface area contributed by atoms with Gasteiger partial charge in [-0.25, -0.2) is 0 Å². The number of esters is 1. The number of likely N-dealkylation sites (N-methyl/N-ethyl adjacent to an activating group) is 1. The van der Waals surface area contributed by atoms with Crippen LogP contribution in [0.3, 0.4) is 0 Å². The monoisotopic (exact) mass is 157 g/mol. The van der Waals surface area contributed by atoms with E-state index in [-0.39, 0.29) is 5.97 Å². The average molecular weight is 157 g/mol. The van der Waals surface area contributed by atoms with E-state index in [0.717, 1.165) is 0 Å². The fourth-order valence-electron chi connectivity index (χ4n) is 1.18. The summed E-state index contributed by atoms with van der Waals surface area (Å²) < 4.78 is 5.00. The second kappa shape index (κ2) is 2.48. The molecule has 1 heterocycles. The molecule has 0 aromatic heterocycles. The summed E-state index contributed by atoms with van der Waals surface area (Å²) in [4.78, 5) is 13.2. The van der Waals surface area contributed by atoms with Crippen molar-refractivity contribution in [2.24, 2.45) is 0 Å². The van der Waals surface area contributed by atoms with E-state index >= 15 is 0 Å². The Labute approximate surface area is 67.3 Å².